The highest BCUT2D eigenvalue weighted by Gasteiger charge is 2.32. The third-order valence-corrected chi connectivity index (χ3v) is 3.93. The lowest BCUT2D eigenvalue weighted by atomic mass is 9.91. The van der Waals surface area contributed by atoms with Crippen LogP contribution in [0.15, 0.2) is 30.3 Å². The van der Waals surface area contributed by atoms with Gasteiger partial charge in [-0.05, 0) is 24.3 Å². The minimum absolute atomic E-state index is 0.0688. The van der Waals surface area contributed by atoms with Crippen LogP contribution in [0.1, 0.15) is 18.4 Å². The maximum absolute atomic E-state index is 12.0. The fraction of sp³-hybridized carbons (Fsp3) is 0.500. The highest BCUT2D eigenvalue weighted by Crippen LogP contribution is 2.23. The van der Waals surface area contributed by atoms with Crippen LogP contribution in [0, 0.1) is 5.92 Å². The second-order valence-corrected chi connectivity index (χ2v) is 5.36. The van der Waals surface area contributed by atoms with E-state index >= 15 is 0 Å². The van der Waals surface area contributed by atoms with Crippen LogP contribution < -0.4 is 0 Å². The van der Waals surface area contributed by atoms with Crippen molar-refractivity contribution in [3.05, 3.63) is 35.9 Å². The number of methoxy groups -OCH3 is 1. The Morgan fingerprint density at radius 2 is 1.91 bits per heavy atom. The first-order valence-electron chi connectivity index (χ1n) is 7.33. The largest absolute Gasteiger partial charge is 0.479 e. The topological polar surface area (TPSA) is 76.1 Å². The number of piperidine rings is 1. The van der Waals surface area contributed by atoms with Gasteiger partial charge in [0.2, 0.25) is 0 Å². The number of hydrogen-bond acceptors (Lipinski definition) is 4. The van der Waals surface area contributed by atoms with Gasteiger partial charge in [0, 0.05) is 20.2 Å². The molecule has 0 aromatic heterocycles. The summed E-state index contributed by atoms with van der Waals surface area (Å²) >= 11 is 0. The molecule has 0 aliphatic carbocycles. The Kier molecular flexibility index (Phi) is 5.77. The van der Waals surface area contributed by atoms with E-state index in [0.29, 0.717) is 25.9 Å². The van der Waals surface area contributed by atoms with Crippen LogP contribution in [0.2, 0.25) is 0 Å². The predicted octanol–water partition coefficient (Wildman–Crippen LogP) is 2.13. The van der Waals surface area contributed by atoms with Crippen LogP contribution in [0.25, 0.3) is 0 Å². The van der Waals surface area contributed by atoms with Crippen molar-refractivity contribution in [3.8, 4) is 0 Å². The highest BCUT2D eigenvalue weighted by molar-refractivity contribution is 5.73. The summed E-state index contributed by atoms with van der Waals surface area (Å²) in [6, 6.07) is 9.49. The number of benzene rings is 1. The molecule has 0 radical (unpaired) electrons. The van der Waals surface area contributed by atoms with Crippen LogP contribution in [0.3, 0.4) is 0 Å². The van der Waals surface area contributed by atoms with Gasteiger partial charge >= 0.3 is 12.1 Å². The lowest BCUT2D eigenvalue weighted by Crippen LogP contribution is -2.43. The van der Waals surface area contributed by atoms with Gasteiger partial charge in [0.1, 0.15) is 6.61 Å². The average Bonchev–Trinajstić information content (AvgIpc) is 2.54. The molecule has 1 amide bonds. The Morgan fingerprint density at radius 1 is 1.27 bits per heavy atom. The summed E-state index contributed by atoms with van der Waals surface area (Å²) in [4.78, 5) is 24.7. The Hall–Kier alpha value is -2.08. The first-order valence-corrected chi connectivity index (χ1v) is 7.33. The molecule has 1 unspecified atom stereocenters. The molecular formula is C16H21NO5. The van der Waals surface area contributed by atoms with Crippen molar-refractivity contribution in [2.45, 2.75) is 25.6 Å². The molecule has 0 bridgehead atoms. The molecule has 1 saturated heterocycles. The van der Waals surface area contributed by atoms with Crippen LogP contribution in [0.5, 0.6) is 0 Å². The van der Waals surface area contributed by atoms with E-state index in [1.165, 1.54) is 7.11 Å². The monoisotopic (exact) mass is 307 g/mol. The van der Waals surface area contributed by atoms with Crippen LogP contribution in [-0.2, 0) is 20.9 Å². The molecule has 1 fully saturated rings. The molecule has 1 aromatic rings. The molecular weight excluding hydrogens is 286 g/mol. The number of amides is 1. The molecule has 2 rings (SSSR count). The van der Waals surface area contributed by atoms with E-state index in [-0.39, 0.29) is 18.6 Å². The molecule has 120 valence electrons. The zero-order chi connectivity index (χ0) is 15.9. The smallest absolute Gasteiger partial charge is 0.410 e. The SMILES string of the molecule is COC(C(=O)O)C1CCN(C(=O)OCc2ccccc2)CC1. The normalized spacial score (nSPS) is 17.0. The number of aliphatic carboxylic acids is 1. The van der Waals surface area contributed by atoms with E-state index in [1.54, 1.807) is 4.90 Å². The minimum atomic E-state index is -0.951. The summed E-state index contributed by atoms with van der Waals surface area (Å²) in [6.07, 6.45) is 0.0466. The van der Waals surface area contributed by atoms with Crippen molar-refractivity contribution < 1.29 is 24.2 Å². The fourth-order valence-corrected chi connectivity index (χ4v) is 2.69. The van der Waals surface area contributed by atoms with Crippen molar-refractivity contribution in [2.75, 3.05) is 20.2 Å². The van der Waals surface area contributed by atoms with E-state index in [4.69, 9.17) is 14.6 Å². The number of nitrogens with zero attached hydrogens (tertiary/aromatic N) is 1. The summed E-state index contributed by atoms with van der Waals surface area (Å²) in [6.45, 7) is 1.23. The lowest BCUT2D eigenvalue weighted by molar-refractivity contribution is -0.153. The number of hydrogen-bond donors (Lipinski definition) is 1. The number of rotatable bonds is 5. The molecule has 1 aromatic carbocycles. The first kappa shape index (κ1) is 16.3. The Morgan fingerprint density at radius 3 is 2.45 bits per heavy atom. The minimum Gasteiger partial charge on any atom is -0.479 e. The highest BCUT2D eigenvalue weighted by atomic mass is 16.6. The van der Waals surface area contributed by atoms with Gasteiger partial charge in [-0.15, -0.1) is 0 Å². The molecule has 6 nitrogen and oxygen atoms in total. The zero-order valence-electron chi connectivity index (χ0n) is 12.6. The van der Waals surface area contributed by atoms with Crippen molar-refractivity contribution in [2.24, 2.45) is 5.92 Å². The van der Waals surface area contributed by atoms with Crippen molar-refractivity contribution in [3.63, 3.8) is 0 Å². The van der Waals surface area contributed by atoms with Gasteiger partial charge in [0.05, 0.1) is 0 Å². The molecule has 22 heavy (non-hydrogen) atoms. The molecule has 1 heterocycles. The van der Waals surface area contributed by atoms with Crippen LogP contribution in [-0.4, -0.2) is 48.4 Å². The molecule has 1 atom stereocenters. The van der Waals surface area contributed by atoms with Gasteiger partial charge in [-0.2, -0.15) is 0 Å². The van der Waals surface area contributed by atoms with Gasteiger partial charge in [-0.25, -0.2) is 9.59 Å². The molecule has 1 aliphatic heterocycles. The maximum Gasteiger partial charge on any atom is 0.410 e. The van der Waals surface area contributed by atoms with Crippen LogP contribution in [0.4, 0.5) is 4.79 Å². The second-order valence-electron chi connectivity index (χ2n) is 5.36. The Labute approximate surface area is 129 Å². The first-order chi connectivity index (χ1) is 10.6. The average molecular weight is 307 g/mol. The second kappa shape index (κ2) is 7.79. The molecule has 0 saturated carbocycles. The van der Waals surface area contributed by atoms with Crippen molar-refractivity contribution in [1.82, 2.24) is 4.90 Å². The summed E-state index contributed by atoms with van der Waals surface area (Å²) in [5.41, 5.74) is 0.941. The van der Waals surface area contributed by atoms with Gasteiger partial charge in [-0.1, -0.05) is 30.3 Å². The molecule has 6 heteroatoms. The number of likely N-dealkylation sites (tertiary alicyclic amines) is 1. The van der Waals surface area contributed by atoms with Gasteiger partial charge in [-0.3, -0.25) is 0 Å². The molecule has 1 aliphatic rings. The lowest BCUT2D eigenvalue weighted by Gasteiger charge is -2.33. The number of ether oxygens (including phenoxy) is 2. The van der Waals surface area contributed by atoms with Crippen molar-refractivity contribution in [1.29, 1.82) is 0 Å². The van der Waals surface area contributed by atoms with Gasteiger partial charge in [0.25, 0.3) is 0 Å². The predicted molar refractivity (Wildman–Crippen MR) is 79.4 cm³/mol. The Bertz CT molecular complexity index is 497. The standard InChI is InChI=1S/C16H21NO5/c1-21-14(15(18)19)13-7-9-17(10-8-13)16(20)22-11-12-5-3-2-4-6-12/h2-6,13-14H,7-11H2,1H3,(H,18,19). The van der Waals surface area contributed by atoms with E-state index < -0.39 is 12.1 Å². The third-order valence-electron chi connectivity index (χ3n) is 3.93. The third kappa shape index (κ3) is 4.21. The van der Waals surface area contributed by atoms with E-state index in [0.717, 1.165) is 5.56 Å². The summed E-state index contributed by atoms with van der Waals surface area (Å²) in [5.74, 6) is -1.02. The summed E-state index contributed by atoms with van der Waals surface area (Å²) < 4.78 is 10.3. The number of carbonyl (C=O) groups is 2. The quantitative estimate of drug-likeness (QED) is 0.902. The van der Waals surface area contributed by atoms with E-state index in [2.05, 4.69) is 0 Å². The van der Waals surface area contributed by atoms with Gasteiger partial charge in [0.15, 0.2) is 6.10 Å². The summed E-state index contributed by atoms with van der Waals surface area (Å²) in [5, 5.41) is 9.08. The molecule has 1 N–H and O–H groups in total. The zero-order valence-corrected chi connectivity index (χ0v) is 12.6. The fourth-order valence-electron chi connectivity index (χ4n) is 2.69. The maximum atomic E-state index is 12.0. The number of carboxylic acids is 1. The van der Waals surface area contributed by atoms with E-state index in [1.807, 2.05) is 30.3 Å². The Balaban J connectivity index is 1.78. The van der Waals surface area contributed by atoms with Gasteiger partial charge < -0.3 is 19.5 Å². The summed E-state index contributed by atoms with van der Waals surface area (Å²) in [7, 11) is 1.40. The number of carbonyl (C=O) groups excluding carboxylic acids is 1. The van der Waals surface area contributed by atoms with Crippen LogP contribution >= 0.6 is 0 Å². The molecule has 0 spiro atoms. The van der Waals surface area contributed by atoms with Crippen molar-refractivity contribution >= 4 is 12.1 Å². The number of carboxylic acid groups (broad SMARTS) is 1. The van der Waals surface area contributed by atoms with E-state index in [9.17, 15) is 9.59 Å².